The molecule has 1 fully saturated rings. The minimum atomic E-state index is -1.10. The highest BCUT2D eigenvalue weighted by Gasteiger charge is 2.43. The van der Waals surface area contributed by atoms with Crippen molar-refractivity contribution >= 4 is 33.9 Å². The zero-order valence-electron chi connectivity index (χ0n) is 11.9. The van der Waals surface area contributed by atoms with Crippen LogP contribution in [-0.4, -0.2) is 34.0 Å². The smallest absolute Gasteiger partial charge is 0.329 e. The van der Waals surface area contributed by atoms with Crippen LogP contribution in [0.5, 0.6) is 0 Å². The van der Waals surface area contributed by atoms with Crippen molar-refractivity contribution in [3.05, 3.63) is 40.4 Å². The van der Waals surface area contributed by atoms with Gasteiger partial charge in [-0.1, -0.05) is 28.1 Å². The van der Waals surface area contributed by atoms with Crippen LogP contribution in [0, 0.1) is 0 Å². The molecule has 5 heteroatoms. The Morgan fingerprint density at radius 3 is 2.57 bits per heavy atom. The Bertz CT molecular complexity index is 567. The molecular formula is C16H18BrNO3. The average molecular weight is 352 g/mol. The molecule has 0 aliphatic carbocycles. The van der Waals surface area contributed by atoms with Gasteiger partial charge in [-0.3, -0.25) is 4.79 Å². The van der Waals surface area contributed by atoms with E-state index < -0.39 is 11.5 Å². The molecular weight excluding hydrogens is 334 g/mol. The first kappa shape index (κ1) is 15.8. The van der Waals surface area contributed by atoms with Crippen molar-refractivity contribution in [3.63, 3.8) is 0 Å². The van der Waals surface area contributed by atoms with Crippen molar-refractivity contribution in [2.75, 3.05) is 6.54 Å². The number of carbonyl (C=O) groups is 2. The number of piperidine rings is 1. The summed E-state index contributed by atoms with van der Waals surface area (Å²) in [4.78, 5) is 25.3. The Balaban J connectivity index is 2.14. The van der Waals surface area contributed by atoms with E-state index >= 15 is 0 Å². The van der Waals surface area contributed by atoms with Crippen LogP contribution < -0.4 is 0 Å². The number of likely N-dealkylation sites (tertiary alicyclic amines) is 1. The van der Waals surface area contributed by atoms with E-state index in [1.807, 2.05) is 24.3 Å². The molecule has 1 amide bonds. The molecule has 0 bridgehead atoms. The molecule has 0 spiro atoms. The highest BCUT2D eigenvalue weighted by atomic mass is 79.9. The first-order valence-electron chi connectivity index (χ1n) is 6.92. The maximum absolute atomic E-state index is 12.3. The molecule has 0 saturated carbocycles. The summed E-state index contributed by atoms with van der Waals surface area (Å²) in [7, 11) is 0. The highest BCUT2D eigenvalue weighted by molar-refractivity contribution is 9.10. The molecule has 1 aromatic carbocycles. The third-order valence-corrected chi connectivity index (χ3v) is 4.43. The average Bonchev–Trinajstić information content (AvgIpc) is 2.46. The number of amides is 1. The van der Waals surface area contributed by atoms with Crippen molar-refractivity contribution in [1.29, 1.82) is 0 Å². The van der Waals surface area contributed by atoms with Gasteiger partial charge in [0, 0.05) is 17.1 Å². The summed E-state index contributed by atoms with van der Waals surface area (Å²) in [6.07, 6.45) is 5.35. The summed E-state index contributed by atoms with van der Waals surface area (Å²) in [6, 6.07) is 7.57. The van der Waals surface area contributed by atoms with E-state index in [2.05, 4.69) is 15.9 Å². The number of rotatable bonds is 3. The number of aliphatic carboxylic acids is 1. The topological polar surface area (TPSA) is 57.6 Å². The van der Waals surface area contributed by atoms with Gasteiger partial charge in [0.2, 0.25) is 5.91 Å². The third-order valence-electron chi connectivity index (χ3n) is 3.91. The Kier molecular flexibility index (Phi) is 4.83. The van der Waals surface area contributed by atoms with Crippen LogP contribution >= 0.6 is 15.9 Å². The molecule has 1 aromatic rings. The molecule has 4 nitrogen and oxygen atoms in total. The van der Waals surface area contributed by atoms with Gasteiger partial charge < -0.3 is 10.0 Å². The number of benzene rings is 1. The van der Waals surface area contributed by atoms with Crippen LogP contribution in [0.4, 0.5) is 0 Å². The van der Waals surface area contributed by atoms with Crippen LogP contribution in [0.3, 0.4) is 0 Å². The molecule has 1 atom stereocenters. The van der Waals surface area contributed by atoms with Gasteiger partial charge in [0.05, 0.1) is 0 Å². The van der Waals surface area contributed by atoms with Gasteiger partial charge in [0.1, 0.15) is 5.54 Å². The molecule has 1 N–H and O–H groups in total. The van der Waals surface area contributed by atoms with E-state index in [9.17, 15) is 14.7 Å². The van der Waals surface area contributed by atoms with Crippen LogP contribution in [0.2, 0.25) is 0 Å². The van der Waals surface area contributed by atoms with E-state index in [1.165, 1.54) is 11.0 Å². The van der Waals surface area contributed by atoms with Crippen LogP contribution in [0.25, 0.3) is 6.08 Å². The maximum atomic E-state index is 12.3. The normalized spacial score (nSPS) is 22.5. The van der Waals surface area contributed by atoms with Crippen LogP contribution in [0.1, 0.15) is 31.7 Å². The Labute approximate surface area is 132 Å². The van der Waals surface area contributed by atoms with Gasteiger partial charge in [0.25, 0.3) is 0 Å². The number of hydrogen-bond donors (Lipinski definition) is 1. The lowest BCUT2D eigenvalue weighted by Gasteiger charge is -2.41. The molecule has 1 saturated heterocycles. The fraction of sp³-hybridized carbons (Fsp3) is 0.375. The van der Waals surface area contributed by atoms with E-state index in [-0.39, 0.29) is 5.91 Å². The highest BCUT2D eigenvalue weighted by Crippen LogP contribution is 2.28. The molecule has 0 aromatic heterocycles. The maximum Gasteiger partial charge on any atom is 0.329 e. The lowest BCUT2D eigenvalue weighted by Crippen LogP contribution is -2.57. The predicted molar refractivity (Wildman–Crippen MR) is 84.8 cm³/mol. The van der Waals surface area contributed by atoms with Gasteiger partial charge in [-0.2, -0.15) is 0 Å². The number of halogens is 1. The minimum absolute atomic E-state index is 0.248. The molecule has 112 valence electrons. The van der Waals surface area contributed by atoms with Gasteiger partial charge in [0.15, 0.2) is 0 Å². The SMILES string of the molecule is CC1(C(=O)O)CCCCN1C(=O)/C=C/c1ccc(Br)cc1. The summed E-state index contributed by atoms with van der Waals surface area (Å²) in [5, 5.41) is 9.41. The summed E-state index contributed by atoms with van der Waals surface area (Å²) in [6.45, 7) is 2.12. The van der Waals surface area contributed by atoms with Crippen molar-refractivity contribution < 1.29 is 14.7 Å². The summed E-state index contributed by atoms with van der Waals surface area (Å²) in [5.41, 5.74) is -0.195. The fourth-order valence-corrected chi connectivity index (χ4v) is 2.79. The van der Waals surface area contributed by atoms with Crippen molar-refractivity contribution in [2.24, 2.45) is 0 Å². The van der Waals surface area contributed by atoms with Crippen LogP contribution in [-0.2, 0) is 9.59 Å². The van der Waals surface area contributed by atoms with Gasteiger partial charge in [-0.15, -0.1) is 0 Å². The number of hydrogen-bond acceptors (Lipinski definition) is 2. The summed E-state index contributed by atoms with van der Waals surface area (Å²) >= 11 is 3.35. The summed E-state index contributed by atoms with van der Waals surface area (Å²) < 4.78 is 0.973. The monoisotopic (exact) mass is 351 g/mol. The number of nitrogens with zero attached hydrogens (tertiary/aromatic N) is 1. The van der Waals surface area contributed by atoms with Gasteiger partial charge in [-0.25, -0.2) is 4.79 Å². The fourth-order valence-electron chi connectivity index (χ4n) is 2.53. The second-order valence-electron chi connectivity index (χ2n) is 5.41. The predicted octanol–water partition coefficient (Wildman–Crippen LogP) is 3.32. The molecule has 21 heavy (non-hydrogen) atoms. The summed E-state index contributed by atoms with van der Waals surface area (Å²) in [5.74, 6) is -1.19. The van der Waals surface area contributed by atoms with E-state index in [0.29, 0.717) is 13.0 Å². The van der Waals surface area contributed by atoms with E-state index in [4.69, 9.17) is 0 Å². The van der Waals surface area contributed by atoms with Crippen molar-refractivity contribution in [1.82, 2.24) is 4.90 Å². The molecule has 0 radical (unpaired) electrons. The number of carbonyl (C=O) groups excluding carboxylic acids is 1. The largest absolute Gasteiger partial charge is 0.480 e. The standard InChI is InChI=1S/C16H18BrNO3/c1-16(15(20)21)10-2-3-11-18(16)14(19)9-6-12-4-7-13(17)8-5-12/h4-9H,2-3,10-11H2,1H3,(H,20,21)/b9-6+. The first-order chi connectivity index (χ1) is 9.93. The zero-order valence-corrected chi connectivity index (χ0v) is 13.5. The Morgan fingerprint density at radius 1 is 1.29 bits per heavy atom. The second-order valence-corrected chi connectivity index (χ2v) is 6.33. The first-order valence-corrected chi connectivity index (χ1v) is 7.71. The number of carboxylic acid groups (broad SMARTS) is 1. The van der Waals surface area contributed by atoms with Crippen molar-refractivity contribution in [3.8, 4) is 0 Å². The van der Waals surface area contributed by atoms with Crippen molar-refractivity contribution in [2.45, 2.75) is 31.7 Å². The molecule has 2 rings (SSSR count). The second kappa shape index (κ2) is 6.43. The quantitative estimate of drug-likeness (QED) is 0.849. The van der Waals surface area contributed by atoms with E-state index in [1.54, 1.807) is 13.0 Å². The van der Waals surface area contributed by atoms with E-state index in [0.717, 1.165) is 22.9 Å². The zero-order chi connectivity index (χ0) is 15.5. The molecule has 1 unspecified atom stereocenters. The minimum Gasteiger partial charge on any atom is -0.480 e. The Morgan fingerprint density at radius 2 is 1.95 bits per heavy atom. The van der Waals surface area contributed by atoms with Crippen LogP contribution in [0.15, 0.2) is 34.8 Å². The third kappa shape index (κ3) is 3.53. The van der Waals surface area contributed by atoms with Gasteiger partial charge >= 0.3 is 5.97 Å². The van der Waals surface area contributed by atoms with Gasteiger partial charge in [-0.05, 0) is 50.0 Å². The molecule has 1 aliphatic heterocycles. The molecule has 1 aliphatic rings. The molecule has 1 heterocycles. The lowest BCUT2D eigenvalue weighted by molar-refractivity contribution is -0.158. The number of carboxylic acids is 1. The lowest BCUT2D eigenvalue weighted by atomic mass is 9.88. The Hall–Kier alpha value is -1.62.